The highest BCUT2D eigenvalue weighted by Gasteiger charge is 2.23. The first kappa shape index (κ1) is 10.7. The summed E-state index contributed by atoms with van der Waals surface area (Å²) in [7, 11) is 0. The number of benzene rings is 1. The topological polar surface area (TPSA) is 15.3 Å². The van der Waals surface area contributed by atoms with Crippen LogP contribution in [0.3, 0.4) is 0 Å². The Morgan fingerprint density at radius 2 is 2.07 bits per heavy atom. The van der Waals surface area contributed by atoms with Crippen molar-refractivity contribution in [3.8, 4) is 0 Å². The fourth-order valence-electron chi connectivity index (χ4n) is 2.09. The predicted molar refractivity (Wildman–Crippen MR) is 63.8 cm³/mol. The molecule has 1 N–H and O–H groups in total. The molecular formula is C13H20N2. The van der Waals surface area contributed by atoms with Gasteiger partial charge in [-0.2, -0.15) is 0 Å². The molecular weight excluding hydrogens is 184 g/mol. The van der Waals surface area contributed by atoms with Crippen molar-refractivity contribution in [3.63, 3.8) is 0 Å². The summed E-state index contributed by atoms with van der Waals surface area (Å²) in [5, 5.41) is 3.56. The lowest BCUT2D eigenvalue weighted by atomic mass is 10.1. The van der Waals surface area contributed by atoms with E-state index in [1.54, 1.807) is 0 Å². The minimum Gasteiger partial charge on any atom is -0.300 e. The quantitative estimate of drug-likeness (QED) is 0.808. The van der Waals surface area contributed by atoms with Gasteiger partial charge in [-0.25, -0.2) is 0 Å². The molecule has 1 aromatic rings. The fourth-order valence-corrected chi connectivity index (χ4v) is 2.09. The van der Waals surface area contributed by atoms with Gasteiger partial charge in [0.1, 0.15) is 0 Å². The van der Waals surface area contributed by atoms with Gasteiger partial charge in [-0.3, -0.25) is 10.2 Å². The molecule has 1 fully saturated rings. The van der Waals surface area contributed by atoms with E-state index >= 15 is 0 Å². The number of nitrogens with one attached hydrogen (secondary N) is 1. The summed E-state index contributed by atoms with van der Waals surface area (Å²) in [6.07, 6.45) is 1.14. The van der Waals surface area contributed by atoms with Gasteiger partial charge in [-0.15, -0.1) is 0 Å². The van der Waals surface area contributed by atoms with Crippen LogP contribution in [0.15, 0.2) is 30.3 Å². The molecule has 0 aromatic heterocycles. The van der Waals surface area contributed by atoms with Crippen LogP contribution < -0.4 is 5.32 Å². The van der Waals surface area contributed by atoms with Gasteiger partial charge in [0.05, 0.1) is 0 Å². The lowest BCUT2D eigenvalue weighted by Crippen LogP contribution is -2.29. The SMILES string of the molecule is CC(C)N1CNC(Cc2ccccc2)C1. The Morgan fingerprint density at radius 1 is 1.33 bits per heavy atom. The predicted octanol–water partition coefficient (Wildman–Crippen LogP) is 1.87. The highest BCUT2D eigenvalue weighted by Crippen LogP contribution is 2.10. The van der Waals surface area contributed by atoms with Crippen LogP contribution in [-0.2, 0) is 6.42 Å². The van der Waals surface area contributed by atoms with Gasteiger partial charge in [0, 0.05) is 25.3 Å². The van der Waals surface area contributed by atoms with Crippen molar-refractivity contribution < 1.29 is 0 Å². The van der Waals surface area contributed by atoms with Crippen LogP contribution in [0, 0.1) is 0 Å². The molecule has 0 radical (unpaired) electrons. The third kappa shape index (κ3) is 2.80. The molecule has 15 heavy (non-hydrogen) atoms. The zero-order chi connectivity index (χ0) is 10.7. The molecule has 0 bridgehead atoms. The summed E-state index contributed by atoms with van der Waals surface area (Å²) in [5.41, 5.74) is 1.43. The van der Waals surface area contributed by atoms with Crippen molar-refractivity contribution in [1.82, 2.24) is 10.2 Å². The van der Waals surface area contributed by atoms with Crippen molar-refractivity contribution in [2.75, 3.05) is 13.2 Å². The van der Waals surface area contributed by atoms with Crippen LogP contribution in [0.4, 0.5) is 0 Å². The van der Waals surface area contributed by atoms with Crippen LogP contribution in [0.5, 0.6) is 0 Å². The van der Waals surface area contributed by atoms with Crippen molar-refractivity contribution in [3.05, 3.63) is 35.9 Å². The number of nitrogens with zero attached hydrogens (tertiary/aromatic N) is 1. The molecule has 1 aliphatic heterocycles. The summed E-state index contributed by atoms with van der Waals surface area (Å²) < 4.78 is 0. The van der Waals surface area contributed by atoms with Gasteiger partial charge in [0.2, 0.25) is 0 Å². The van der Waals surface area contributed by atoms with Crippen molar-refractivity contribution >= 4 is 0 Å². The maximum Gasteiger partial charge on any atom is 0.0486 e. The lowest BCUT2D eigenvalue weighted by Gasteiger charge is -2.18. The molecule has 1 heterocycles. The summed E-state index contributed by atoms with van der Waals surface area (Å²) in [6.45, 7) is 6.72. The second-order valence-corrected chi connectivity index (χ2v) is 4.61. The largest absolute Gasteiger partial charge is 0.300 e. The third-order valence-electron chi connectivity index (χ3n) is 3.09. The Hall–Kier alpha value is -0.860. The zero-order valence-electron chi connectivity index (χ0n) is 9.61. The zero-order valence-corrected chi connectivity index (χ0v) is 9.61. The molecule has 82 valence electrons. The smallest absolute Gasteiger partial charge is 0.0486 e. The van der Waals surface area contributed by atoms with Crippen molar-refractivity contribution in [2.24, 2.45) is 0 Å². The summed E-state index contributed by atoms with van der Waals surface area (Å²) in [6, 6.07) is 12.0. The molecule has 0 aliphatic carbocycles. The fraction of sp³-hybridized carbons (Fsp3) is 0.538. The maximum atomic E-state index is 3.56. The molecule has 1 aliphatic rings. The van der Waals surface area contributed by atoms with Gasteiger partial charge in [0.15, 0.2) is 0 Å². The molecule has 2 heteroatoms. The second-order valence-electron chi connectivity index (χ2n) is 4.61. The van der Waals surface area contributed by atoms with E-state index < -0.39 is 0 Å². The molecule has 1 aromatic carbocycles. The monoisotopic (exact) mass is 204 g/mol. The van der Waals surface area contributed by atoms with Crippen molar-refractivity contribution in [1.29, 1.82) is 0 Å². The van der Waals surface area contributed by atoms with Gasteiger partial charge < -0.3 is 0 Å². The van der Waals surface area contributed by atoms with Crippen LogP contribution in [0.25, 0.3) is 0 Å². The highest BCUT2D eigenvalue weighted by atomic mass is 15.3. The highest BCUT2D eigenvalue weighted by molar-refractivity contribution is 5.16. The molecule has 0 saturated carbocycles. The van der Waals surface area contributed by atoms with Crippen LogP contribution >= 0.6 is 0 Å². The number of hydrogen-bond acceptors (Lipinski definition) is 2. The van der Waals surface area contributed by atoms with E-state index in [2.05, 4.69) is 54.4 Å². The number of rotatable bonds is 3. The average Bonchev–Trinajstić information content (AvgIpc) is 2.68. The average molecular weight is 204 g/mol. The Labute approximate surface area is 92.3 Å². The van der Waals surface area contributed by atoms with E-state index in [4.69, 9.17) is 0 Å². The van der Waals surface area contributed by atoms with E-state index in [1.807, 2.05) is 0 Å². The molecule has 1 atom stereocenters. The first-order chi connectivity index (χ1) is 7.25. The summed E-state index contributed by atoms with van der Waals surface area (Å²) in [5.74, 6) is 0. The van der Waals surface area contributed by atoms with Crippen LogP contribution in [-0.4, -0.2) is 30.2 Å². The Morgan fingerprint density at radius 3 is 2.67 bits per heavy atom. The molecule has 2 rings (SSSR count). The van der Waals surface area contributed by atoms with Crippen LogP contribution in [0.1, 0.15) is 19.4 Å². The summed E-state index contributed by atoms with van der Waals surface area (Å²) >= 11 is 0. The van der Waals surface area contributed by atoms with E-state index in [0.717, 1.165) is 13.1 Å². The van der Waals surface area contributed by atoms with Gasteiger partial charge in [-0.1, -0.05) is 30.3 Å². The Balaban J connectivity index is 1.88. The van der Waals surface area contributed by atoms with Crippen molar-refractivity contribution in [2.45, 2.75) is 32.4 Å². The van der Waals surface area contributed by atoms with E-state index in [0.29, 0.717) is 12.1 Å². The second kappa shape index (κ2) is 4.77. The third-order valence-corrected chi connectivity index (χ3v) is 3.09. The lowest BCUT2D eigenvalue weighted by molar-refractivity contribution is 0.269. The van der Waals surface area contributed by atoms with Gasteiger partial charge in [0.25, 0.3) is 0 Å². The van der Waals surface area contributed by atoms with Gasteiger partial charge in [-0.05, 0) is 25.8 Å². The van der Waals surface area contributed by atoms with Crippen LogP contribution in [0.2, 0.25) is 0 Å². The first-order valence-corrected chi connectivity index (χ1v) is 5.77. The standard InChI is InChI=1S/C13H20N2/c1-11(2)15-9-13(14-10-15)8-12-6-4-3-5-7-12/h3-7,11,13-14H,8-10H2,1-2H3. The normalized spacial score (nSPS) is 22.5. The minimum absolute atomic E-state index is 0.620. The molecule has 0 spiro atoms. The number of hydrogen-bond donors (Lipinski definition) is 1. The van der Waals surface area contributed by atoms with Gasteiger partial charge >= 0.3 is 0 Å². The summed E-state index contributed by atoms with van der Waals surface area (Å²) in [4.78, 5) is 2.48. The molecule has 1 saturated heterocycles. The maximum absolute atomic E-state index is 3.56. The van der Waals surface area contributed by atoms with E-state index in [1.165, 1.54) is 12.1 Å². The Kier molecular flexibility index (Phi) is 3.39. The molecule has 2 nitrogen and oxygen atoms in total. The Bertz CT molecular complexity index is 295. The molecule has 1 unspecified atom stereocenters. The minimum atomic E-state index is 0.620. The first-order valence-electron chi connectivity index (χ1n) is 5.77. The van der Waals surface area contributed by atoms with E-state index in [9.17, 15) is 0 Å². The molecule has 0 amide bonds. The van der Waals surface area contributed by atoms with E-state index in [-0.39, 0.29) is 0 Å².